The standard InChI is InChI=1S/C20H30O3/c1-11-8-13-14-4-5-17(23)20(14,3)10-16(22)18(13)19(2)7-6-12(21)9-15(11)19/h9,11,13-14,16-18,22-23H,4-8,10H2,1-3H3/t11-,13-,14-,16-,17+,18+,19-,20-/m0/s1. The van der Waals surface area contributed by atoms with Crippen LogP contribution >= 0.6 is 0 Å². The molecule has 0 bridgehead atoms. The van der Waals surface area contributed by atoms with E-state index in [4.69, 9.17) is 0 Å². The maximum Gasteiger partial charge on any atom is 0.155 e. The van der Waals surface area contributed by atoms with Gasteiger partial charge in [0, 0.05) is 6.42 Å². The lowest BCUT2D eigenvalue weighted by atomic mass is 9.45. The highest BCUT2D eigenvalue weighted by atomic mass is 16.3. The Morgan fingerprint density at radius 3 is 2.70 bits per heavy atom. The summed E-state index contributed by atoms with van der Waals surface area (Å²) >= 11 is 0. The molecule has 0 radical (unpaired) electrons. The Hall–Kier alpha value is -0.670. The molecule has 0 spiro atoms. The predicted molar refractivity (Wildman–Crippen MR) is 88.7 cm³/mol. The van der Waals surface area contributed by atoms with Gasteiger partial charge in [-0.3, -0.25) is 4.79 Å². The van der Waals surface area contributed by atoms with E-state index in [0.717, 1.165) is 25.7 Å². The highest BCUT2D eigenvalue weighted by Crippen LogP contribution is 2.66. The van der Waals surface area contributed by atoms with Crippen molar-refractivity contribution < 1.29 is 15.0 Å². The number of aliphatic hydroxyl groups excluding tert-OH is 2. The summed E-state index contributed by atoms with van der Waals surface area (Å²) in [6.07, 6.45) is 6.51. The second-order valence-electron chi connectivity index (χ2n) is 9.29. The van der Waals surface area contributed by atoms with Crippen LogP contribution in [0.3, 0.4) is 0 Å². The Morgan fingerprint density at radius 2 is 1.96 bits per heavy atom. The second kappa shape index (κ2) is 4.92. The minimum atomic E-state index is -0.358. The van der Waals surface area contributed by atoms with E-state index in [1.54, 1.807) is 0 Å². The highest BCUT2D eigenvalue weighted by Gasteiger charge is 2.62. The maximum atomic E-state index is 12.0. The van der Waals surface area contributed by atoms with Crippen LogP contribution in [0.4, 0.5) is 0 Å². The van der Waals surface area contributed by atoms with E-state index in [-0.39, 0.29) is 34.7 Å². The summed E-state index contributed by atoms with van der Waals surface area (Å²) in [5.41, 5.74) is 1.13. The van der Waals surface area contributed by atoms with Crippen molar-refractivity contribution in [3.63, 3.8) is 0 Å². The van der Waals surface area contributed by atoms with Crippen LogP contribution < -0.4 is 0 Å². The van der Waals surface area contributed by atoms with Gasteiger partial charge in [-0.15, -0.1) is 0 Å². The number of carbonyl (C=O) groups excluding carboxylic acids is 1. The van der Waals surface area contributed by atoms with Crippen LogP contribution in [0.5, 0.6) is 0 Å². The molecule has 0 unspecified atom stereocenters. The molecule has 0 saturated heterocycles. The van der Waals surface area contributed by atoms with Crippen LogP contribution in [0.15, 0.2) is 11.6 Å². The number of ketones is 1. The number of rotatable bonds is 0. The number of allylic oxidation sites excluding steroid dienone is 1. The van der Waals surface area contributed by atoms with E-state index in [0.29, 0.717) is 30.6 Å². The normalized spacial score (nSPS) is 55.7. The lowest BCUT2D eigenvalue weighted by Gasteiger charge is -2.60. The Balaban J connectivity index is 1.78. The molecule has 4 aliphatic rings. The smallest absolute Gasteiger partial charge is 0.155 e. The molecule has 0 aromatic carbocycles. The van der Waals surface area contributed by atoms with E-state index >= 15 is 0 Å². The van der Waals surface area contributed by atoms with Gasteiger partial charge in [-0.05, 0) is 72.7 Å². The Morgan fingerprint density at radius 1 is 1.22 bits per heavy atom. The molecule has 4 aliphatic carbocycles. The van der Waals surface area contributed by atoms with E-state index in [2.05, 4.69) is 20.8 Å². The second-order valence-corrected chi connectivity index (χ2v) is 9.29. The van der Waals surface area contributed by atoms with Crippen LogP contribution in [-0.4, -0.2) is 28.2 Å². The summed E-state index contributed by atoms with van der Waals surface area (Å²) in [6, 6.07) is 0. The highest BCUT2D eigenvalue weighted by molar-refractivity contribution is 5.91. The molecular weight excluding hydrogens is 288 g/mol. The first-order valence-corrected chi connectivity index (χ1v) is 9.38. The van der Waals surface area contributed by atoms with Crippen molar-refractivity contribution in [2.24, 2.45) is 34.5 Å². The molecule has 23 heavy (non-hydrogen) atoms. The van der Waals surface area contributed by atoms with Crippen molar-refractivity contribution in [3.8, 4) is 0 Å². The first-order chi connectivity index (χ1) is 10.8. The van der Waals surface area contributed by atoms with Crippen LogP contribution in [0.1, 0.15) is 59.3 Å². The van der Waals surface area contributed by atoms with Gasteiger partial charge in [-0.25, -0.2) is 0 Å². The Bertz CT molecular complexity index is 567. The monoisotopic (exact) mass is 318 g/mol. The maximum absolute atomic E-state index is 12.0. The molecule has 0 aromatic rings. The van der Waals surface area contributed by atoms with Crippen molar-refractivity contribution in [1.82, 2.24) is 0 Å². The van der Waals surface area contributed by atoms with Crippen molar-refractivity contribution in [2.75, 3.05) is 0 Å². The Kier molecular flexibility index (Phi) is 3.39. The topological polar surface area (TPSA) is 57.5 Å². The molecule has 0 aliphatic heterocycles. The van der Waals surface area contributed by atoms with Crippen molar-refractivity contribution in [1.29, 1.82) is 0 Å². The molecule has 3 heteroatoms. The zero-order chi connectivity index (χ0) is 16.6. The molecule has 0 heterocycles. The van der Waals surface area contributed by atoms with Crippen molar-refractivity contribution in [2.45, 2.75) is 71.5 Å². The number of hydrogen-bond acceptors (Lipinski definition) is 3. The molecule has 4 rings (SSSR count). The summed E-state index contributed by atoms with van der Waals surface area (Å²) in [7, 11) is 0. The molecule has 3 nitrogen and oxygen atoms in total. The third-order valence-corrected chi connectivity index (χ3v) is 8.16. The summed E-state index contributed by atoms with van der Waals surface area (Å²) < 4.78 is 0. The molecule has 8 atom stereocenters. The molecular formula is C20H30O3. The number of fused-ring (bicyclic) bond motifs is 5. The fourth-order valence-electron chi connectivity index (χ4n) is 7.09. The fraction of sp³-hybridized carbons (Fsp3) is 0.850. The molecule has 2 N–H and O–H groups in total. The quantitative estimate of drug-likeness (QED) is 0.721. The van der Waals surface area contributed by atoms with Crippen molar-refractivity contribution in [3.05, 3.63) is 11.6 Å². The van der Waals surface area contributed by atoms with E-state index in [9.17, 15) is 15.0 Å². The summed E-state index contributed by atoms with van der Waals surface area (Å²) in [4.78, 5) is 12.0. The minimum absolute atomic E-state index is 0.0372. The average Bonchev–Trinajstić information content (AvgIpc) is 2.76. The Labute approximate surface area is 139 Å². The number of aliphatic hydroxyl groups is 2. The largest absolute Gasteiger partial charge is 0.393 e. The first kappa shape index (κ1) is 15.8. The van der Waals surface area contributed by atoms with Gasteiger partial charge in [0.2, 0.25) is 0 Å². The minimum Gasteiger partial charge on any atom is -0.393 e. The van der Waals surface area contributed by atoms with Gasteiger partial charge in [0.25, 0.3) is 0 Å². The van der Waals surface area contributed by atoms with Gasteiger partial charge < -0.3 is 10.2 Å². The first-order valence-electron chi connectivity index (χ1n) is 9.38. The van der Waals surface area contributed by atoms with Crippen molar-refractivity contribution >= 4 is 5.78 Å². The number of carbonyl (C=O) groups is 1. The molecule has 0 aromatic heterocycles. The third-order valence-electron chi connectivity index (χ3n) is 8.16. The van der Waals surface area contributed by atoms with E-state index in [1.165, 1.54) is 5.57 Å². The van der Waals surface area contributed by atoms with Gasteiger partial charge >= 0.3 is 0 Å². The van der Waals surface area contributed by atoms with Gasteiger partial charge in [0.15, 0.2) is 5.78 Å². The molecule has 3 saturated carbocycles. The lowest BCUT2D eigenvalue weighted by Crippen LogP contribution is -2.58. The number of hydrogen-bond donors (Lipinski definition) is 2. The van der Waals surface area contributed by atoms with E-state index < -0.39 is 0 Å². The zero-order valence-corrected chi connectivity index (χ0v) is 14.6. The van der Waals surface area contributed by atoms with E-state index in [1.807, 2.05) is 6.08 Å². The summed E-state index contributed by atoms with van der Waals surface area (Å²) in [5, 5.41) is 21.6. The van der Waals surface area contributed by atoms with Crippen LogP contribution in [0.25, 0.3) is 0 Å². The van der Waals surface area contributed by atoms with Crippen LogP contribution in [-0.2, 0) is 4.79 Å². The van der Waals surface area contributed by atoms with Crippen LogP contribution in [0, 0.1) is 34.5 Å². The lowest BCUT2D eigenvalue weighted by molar-refractivity contribution is -0.147. The predicted octanol–water partition coefficient (Wildman–Crippen LogP) is 3.10. The van der Waals surface area contributed by atoms with Gasteiger partial charge in [0.05, 0.1) is 12.2 Å². The summed E-state index contributed by atoms with van der Waals surface area (Å²) in [5.74, 6) is 1.92. The van der Waals surface area contributed by atoms with Gasteiger partial charge in [-0.2, -0.15) is 0 Å². The zero-order valence-electron chi connectivity index (χ0n) is 14.6. The third kappa shape index (κ3) is 1.99. The molecule has 0 amide bonds. The SMILES string of the molecule is C[C@H]1C[C@@H]2[C@H]([C@@H](O)C[C@]3(C)[C@H](O)CC[C@@H]23)[C@@]2(C)CCC(=O)C=C12. The summed E-state index contributed by atoms with van der Waals surface area (Å²) in [6.45, 7) is 6.73. The average molecular weight is 318 g/mol. The van der Waals surface area contributed by atoms with Crippen LogP contribution in [0.2, 0.25) is 0 Å². The van der Waals surface area contributed by atoms with Gasteiger partial charge in [-0.1, -0.05) is 26.3 Å². The molecule has 3 fully saturated rings. The van der Waals surface area contributed by atoms with Gasteiger partial charge in [0.1, 0.15) is 0 Å². The molecule has 128 valence electrons. The fourth-order valence-corrected chi connectivity index (χ4v) is 7.09.